The molecule has 4 heterocycles. The predicted octanol–water partition coefficient (Wildman–Crippen LogP) is 3.29. The number of fused-ring (bicyclic) bond motifs is 2. The van der Waals surface area contributed by atoms with E-state index in [0.29, 0.717) is 17.7 Å². The maximum Gasteiger partial charge on any atom is 0.150 e. The molecule has 0 saturated carbocycles. The van der Waals surface area contributed by atoms with Crippen LogP contribution >= 0.6 is 0 Å². The molecule has 134 valence electrons. The zero-order valence-corrected chi connectivity index (χ0v) is 15.0. The van der Waals surface area contributed by atoms with Gasteiger partial charge in [-0.2, -0.15) is 0 Å². The molecule has 6 nitrogen and oxygen atoms in total. The molecule has 1 unspecified atom stereocenters. The largest absolute Gasteiger partial charge is 0.382 e. The number of anilines is 1. The first-order chi connectivity index (χ1) is 12.7. The molecular formula is C20H24N6. The molecule has 1 saturated heterocycles. The number of nitrogens with one attached hydrogen (secondary N) is 2. The fourth-order valence-corrected chi connectivity index (χ4v) is 4.32. The zero-order chi connectivity index (χ0) is 17.7. The lowest BCUT2D eigenvalue weighted by molar-refractivity contribution is 0.444. The van der Waals surface area contributed by atoms with Gasteiger partial charge in [-0.3, -0.25) is 4.40 Å². The van der Waals surface area contributed by atoms with Gasteiger partial charge in [-0.15, -0.1) is 0 Å². The first kappa shape index (κ1) is 15.6. The number of nitrogens with zero attached hydrogens (tertiary/aromatic N) is 3. The second-order valence-corrected chi connectivity index (χ2v) is 7.47. The fraction of sp³-hybridized carbons (Fsp3) is 0.400. The number of imidazole rings is 1. The molecule has 0 spiro atoms. The average Bonchev–Trinajstić information content (AvgIpc) is 3.25. The molecule has 0 amide bonds. The molecule has 3 aromatic heterocycles. The molecule has 4 N–H and O–H groups in total. The van der Waals surface area contributed by atoms with E-state index in [0.717, 1.165) is 55.1 Å². The van der Waals surface area contributed by atoms with Crippen molar-refractivity contribution >= 4 is 17.4 Å². The van der Waals surface area contributed by atoms with Gasteiger partial charge in [-0.25, -0.2) is 9.97 Å². The van der Waals surface area contributed by atoms with Crippen molar-refractivity contribution in [3.8, 4) is 11.4 Å². The van der Waals surface area contributed by atoms with Crippen molar-refractivity contribution in [1.29, 1.82) is 0 Å². The van der Waals surface area contributed by atoms with Crippen LogP contribution in [0.2, 0.25) is 0 Å². The lowest BCUT2D eigenvalue weighted by Gasteiger charge is -2.21. The van der Waals surface area contributed by atoms with Gasteiger partial charge in [-0.1, -0.05) is 13.0 Å². The summed E-state index contributed by atoms with van der Waals surface area (Å²) in [6, 6.07) is 2.24. The normalized spacial score (nSPS) is 20.6. The quantitative estimate of drug-likeness (QED) is 0.663. The number of piperidine rings is 1. The Hall–Kier alpha value is -2.60. The first-order valence-corrected chi connectivity index (χ1v) is 9.45. The highest BCUT2D eigenvalue weighted by Crippen LogP contribution is 2.37. The number of rotatable bonds is 2. The van der Waals surface area contributed by atoms with Crippen molar-refractivity contribution in [3.05, 3.63) is 41.6 Å². The Bertz CT molecular complexity index is 989. The van der Waals surface area contributed by atoms with E-state index in [1.807, 2.05) is 6.20 Å². The molecule has 6 heteroatoms. The smallest absolute Gasteiger partial charge is 0.150 e. The van der Waals surface area contributed by atoms with Crippen LogP contribution < -0.4 is 11.1 Å². The maximum atomic E-state index is 6.27. The molecule has 3 aromatic rings. The van der Waals surface area contributed by atoms with Gasteiger partial charge in [-0.05, 0) is 56.0 Å². The molecule has 1 fully saturated rings. The van der Waals surface area contributed by atoms with E-state index < -0.39 is 0 Å². The maximum absolute atomic E-state index is 6.27. The number of H-pyrrole nitrogens is 1. The average molecular weight is 348 g/mol. The minimum Gasteiger partial charge on any atom is -0.382 e. The van der Waals surface area contributed by atoms with E-state index >= 15 is 0 Å². The number of nitrogen functional groups attached to an aromatic ring is 1. The van der Waals surface area contributed by atoms with Gasteiger partial charge in [0.1, 0.15) is 22.9 Å². The van der Waals surface area contributed by atoms with Crippen LogP contribution in [0.4, 0.5) is 5.82 Å². The monoisotopic (exact) mass is 348 g/mol. The van der Waals surface area contributed by atoms with E-state index in [1.165, 1.54) is 11.3 Å². The highest BCUT2D eigenvalue weighted by atomic mass is 15.1. The fourth-order valence-electron chi connectivity index (χ4n) is 4.32. The van der Waals surface area contributed by atoms with E-state index in [2.05, 4.69) is 44.8 Å². The molecule has 0 radical (unpaired) electrons. The Labute approximate surface area is 152 Å². The number of nitrogens with two attached hydrogens (primary N) is 1. The third-order valence-corrected chi connectivity index (χ3v) is 5.76. The van der Waals surface area contributed by atoms with Crippen LogP contribution in [0.5, 0.6) is 0 Å². The number of hydrogen-bond acceptors (Lipinski definition) is 4. The number of hydrogen-bond donors (Lipinski definition) is 3. The van der Waals surface area contributed by atoms with E-state index in [9.17, 15) is 0 Å². The standard InChI is InChI=1S/C20H24N6/c1-12-3-2-4-15-14(12)11-16(24-15)17-18-19(21)23-9-10-26(18)20(25-17)13-5-7-22-8-6-13/h2,4,9-13,22,24H,3,5-8H2,1H3,(H2,21,23). The van der Waals surface area contributed by atoms with Crippen LogP contribution in [0, 0.1) is 0 Å². The SMILES string of the molecule is CC1CC=Cc2[nH]c(-c3nc(C4CCNCC4)n4ccnc(N)c34)cc21. The molecule has 2 aliphatic rings. The molecule has 0 bridgehead atoms. The topological polar surface area (TPSA) is 84.0 Å². The summed E-state index contributed by atoms with van der Waals surface area (Å²) >= 11 is 0. The molecular weight excluding hydrogens is 324 g/mol. The Morgan fingerprint density at radius 2 is 2.12 bits per heavy atom. The minimum absolute atomic E-state index is 0.447. The van der Waals surface area contributed by atoms with E-state index in [-0.39, 0.29) is 0 Å². The molecule has 1 aliphatic heterocycles. The van der Waals surface area contributed by atoms with Crippen molar-refractivity contribution < 1.29 is 0 Å². The summed E-state index contributed by atoms with van der Waals surface area (Å²) in [6.45, 7) is 4.34. The van der Waals surface area contributed by atoms with E-state index in [1.54, 1.807) is 6.20 Å². The third-order valence-electron chi connectivity index (χ3n) is 5.76. The van der Waals surface area contributed by atoms with Gasteiger partial charge >= 0.3 is 0 Å². The Morgan fingerprint density at radius 3 is 2.92 bits per heavy atom. The minimum atomic E-state index is 0.447. The van der Waals surface area contributed by atoms with Crippen LogP contribution in [0.1, 0.15) is 55.1 Å². The van der Waals surface area contributed by atoms with Gasteiger partial charge in [0.15, 0.2) is 0 Å². The van der Waals surface area contributed by atoms with Crippen molar-refractivity contribution in [1.82, 2.24) is 24.7 Å². The Morgan fingerprint density at radius 1 is 1.27 bits per heavy atom. The van der Waals surface area contributed by atoms with Crippen LogP contribution in [-0.2, 0) is 0 Å². The van der Waals surface area contributed by atoms with Crippen molar-refractivity contribution in [3.63, 3.8) is 0 Å². The zero-order valence-electron chi connectivity index (χ0n) is 15.0. The van der Waals surface area contributed by atoms with Gasteiger partial charge in [0.25, 0.3) is 0 Å². The molecule has 1 atom stereocenters. The van der Waals surface area contributed by atoms with Gasteiger partial charge < -0.3 is 16.0 Å². The second kappa shape index (κ2) is 5.99. The summed E-state index contributed by atoms with van der Waals surface area (Å²) in [5, 5.41) is 3.43. The van der Waals surface area contributed by atoms with Crippen molar-refractivity contribution in [2.75, 3.05) is 18.8 Å². The lowest BCUT2D eigenvalue weighted by atomic mass is 9.93. The first-order valence-electron chi connectivity index (χ1n) is 9.45. The van der Waals surface area contributed by atoms with Crippen LogP contribution in [0.25, 0.3) is 23.0 Å². The van der Waals surface area contributed by atoms with Crippen LogP contribution in [0.15, 0.2) is 24.5 Å². The summed E-state index contributed by atoms with van der Waals surface area (Å²) in [7, 11) is 0. The molecule has 0 aromatic carbocycles. The van der Waals surface area contributed by atoms with Gasteiger partial charge in [0.05, 0.1) is 5.69 Å². The van der Waals surface area contributed by atoms with Gasteiger partial charge in [0, 0.05) is 24.0 Å². The van der Waals surface area contributed by atoms with Crippen LogP contribution in [-0.4, -0.2) is 32.4 Å². The predicted molar refractivity (Wildman–Crippen MR) is 104 cm³/mol. The third kappa shape index (κ3) is 2.36. The number of aromatic amines is 1. The van der Waals surface area contributed by atoms with Crippen LogP contribution in [0.3, 0.4) is 0 Å². The Balaban J connectivity index is 1.69. The molecule has 1 aliphatic carbocycles. The van der Waals surface area contributed by atoms with Crippen molar-refractivity contribution in [2.45, 2.75) is 38.0 Å². The van der Waals surface area contributed by atoms with Crippen molar-refractivity contribution in [2.24, 2.45) is 0 Å². The second-order valence-electron chi connectivity index (χ2n) is 7.47. The summed E-state index contributed by atoms with van der Waals surface area (Å²) in [5.41, 5.74) is 11.7. The number of aromatic nitrogens is 4. The number of allylic oxidation sites excluding steroid dienone is 1. The molecule has 5 rings (SSSR count). The lowest BCUT2D eigenvalue weighted by Crippen LogP contribution is -2.27. The summed E-state index contributed by atoms with van der Waals surface area (Å²) in [6.07, 6.45) is 11.4. The van der Waals surface area contributed by atoms with E-state index in [4.69, 9.17) is 10.7 Å². The van der Waals surface area contributed by atoms with Gasteiger partial charge in [0.2, 0.25) is 0 Å². The molecule has 26 heavy (non-hydrogen) atoms. The summed E-state index contributed by atoms with van der Waals surface area (Å²) in [5.74, 6) is 2.60. The summed E-state index contributed by atoms with van der Waals surface area (Å²) < 4.78 is 2.15. The highest BCUT2D eigenvalue weighted by molar-refractivity contribution is 5.85. The Kier molecular flexibility index (Phi) is 3.60. The highest BCUT2D eigenvalue weighted by Gasteiger charge is 2.25. The summed E-state index contributed by atoms with van der Waals surface area (Å²) in [4.78, 5) is 13.0.